The van der Waals surface area contributed by atoms with Crippen LogP contribution in [0.3, 0.4) is 0 Å². The van der Waals surface area contributed by atoms with E-state index in [2.05, 4.69) is 95.6 Å². The van der Waals surface area contributed by atoms with Crippen molar-refractivity contribution in [3.63, 3.8) is 0 Å². The molecular weight excluding hydrogens is 600 g/mol. The van der Waals surface area contributed by atoms with Crippen LogP contribution in [0.1, 0.15) is 0 Å². The molecule has 0 nitrogen and oxygen atoms in total. The van der Waals surface area contributed by atoms with Crippen LogP contribution in [0, 0.1) is 0 Å². The fraction of sp³-hybridized carbons (Fsp3) is 0.600. The van der Waals surface area contributed by atoms with Crippen LogP contribution >= 0.6 is 95.6 Å². The van der Waals surface area contributed by atoms with Gasteiger partial charge in [0.1, 0.15) is 0 Å². The van der Waals surface area contributed by atoms with Gasteiger partial charge in [0.2, 0.25) is 0 Å². The Morgan fingerprint density at radius 1 is 0.688 bits per heavy atom. The summed E-state index contributed by atoms with van der Waals surface area (Å²) in [7, 11) is 0. The van der Waals surface area contributed by atoms with E-state index in [4.69, 9.17) is 0 Å². The highest BCUT2D eigenvalue weighted by atomic mass is 79.9. The Hall–Kier alpha value is 2.36. The summed E-state index contributed by atoms with van der Waals surface area (Å²) in [4.78, 5) is 0. The summed E-state index contributed by atoms with van der Waals surface area (Å²) in [6, 6.07) is 0. The van der Waals surface area contributed by atoms with Crippen molar-refractivity contribution >= 4 is 95.6 Å². The van der Waals surface area contributed by atoms with Crippen molar-refractivity contribution in [2.24, 2.45) is 0 Å². The van der Waals surface area contributed by atoms with Crippen LogP contribution in [0.15, 0.2) is 22.3 Å². The summed E-state index contributed by atoms with van der Waals surface area (Å²) in [5, 5.41) is 4.45. The zero-order chi connectivity index (χ0) is 12.3. The third-order valence-electron chi connectivity index (χ3n) is 2.77. The Balaban J connectivity index is 3.37. The highest BCUT2D eigenvalue weighted by Crippen LogP contribution is 2.49. The van der Waals surface area contributed by atoms with Gasteiger partial charge in [-0.25, -0.2) is 0 Å². The van der Waals surface area contributed by atoms with Gasteiger partial charge in [0.05, 0.1) is 4.32 Å². The van der Waals surface area contributed by atoms with Crippen LogP contribution < -0.4 is 0 Å². The van der Waals surface area contributed by atoms with Crippen LogP contribution in [0.25, 0.3) is 0 Å². The first-order valence-electron chi connectivity index (χ1n) is 4.54. The lowest BCUT2D eigenvalue weighted by Gasteiger charge is -2.26. The molecule has 0 aliphatic heterocycles. The fourth-order valence-corrected chi connectivity index (χ4v) is 7.06. The van der Waals surface area contributed by atoms with E-state index in [-0.39, 0.29) is 4.32 Å². The van der Waals surface area contributed by atoms with Crippen LogP contribution in [0.5, 0.6) is 0 Å². The van der Waals surface area contributed by atoms with Gasteiger partial charge < -0.3 is 0 Å². The summed E-state index contributed by atoms with van der Waals surface area (Å²) in [5.74, 6) is 0. The molecule has 1 aliphatic rings. The zero-order valence-electron chi connectivity index (χ0n) is 8.30. The fourth-order valence-electron chi connectivity index (χ4n) is 1.88. The number of allylic oxidation sites excluding steroid dienone is 4. The van der Waals surface area contributed by atoms with E-state index in [9.17, 15) is 0 Å². The third kappa shape index (κ3) is 2.77. The van der Waals surface area contributed by atoms with Crippen molar-refractivity contribution in [3.8, 4) is 0 Å². The monoisotopic (exact) mass is 604 g/mol. The molecule has 0 aromatic carbocycles. The predicted molar refractivity (Wildman–Crippen MR) is 94.7 cm³/mol. The molecule has 0 radical (unpaired) electrons. The second kappa shape index (κ2) is 7.22. The van der Waals surface area contributed by atoms with Crippen molar-refractivity contribution in [2.45, 2.75) is 4.32 Å². The first kappa shape index (κ1) is 16.4. The maximum Gasteiger partial charge on any atom is 0.0799 e. The van der Waals surface area contributed by atoms with E-state index in [0.717, 1.165) is 26.7 Å². The molecule has 0 aromatic rings. The number of alkyl halides is 6. The number of rotatable bonds is 5. The van der Waals surface area contributed by atoms with Crippen molar-refractivity contribution in [2.75, 3.05) is 26.7 Å². The molecular formula is C10H10Br6. The third-order valence-corrected chi connectivity index (χ3v) is 7.84. The van der Waals surface area contributed by atoms with Gasteiger partial charge in [0.25, 0.3) is 0 Å². The Morgan fingerprint density at radius 3 is 1.25 bits per heavy atom. The van der Waals surface area contributed by atoms with Crippen LogP contribution in [-0.4, -0.2) is 31.0 Å². The molecule has 0 unspecified atom stereocenters. The largest absolute Gasteiger partial charge is 0.0906 e. The lowest BCUT2D eigenvalue weighted by molar-refractivity contribution is 0.928. The van der Waals surface area contributed by atoms with Gasteiger partial charge in [-0.05, 0) is 22.3 Å². The first-order chi connectivity index (χ1) is 7.60. The molecule has 6 heteroatoms. The summed E-state index contributed by atoms with van der Waals surface area (Å²) in [6.45, 7) is 0. The van der Waals surface area contributed by atoms with E-state index in [1.807, 2.05) is 0 Å². The molecule has 16 heavy (non-hydrogen) atoms. The Bertz CT molecular complexity index is 302. The summed E-state index contributed by atoms with van der Waals surface area (Å²) < 4.78 is -0.0494. The Kier molecular flexibility index (Phi) is 7.41. The molecule has 1 rings (SSSR count). The molecule has 0 amide bonds. The minimum absolute atomic E-state index is 0.0494. The van der Waals surface area contributed by atoms with Crippen LogP contribution in [-0.2, 0) is 0 Å². The average Bonchev–Trinajstić information content (AvgIpc) is 2.56. The number of halogens is 6. The Morgan fingerprint density at radius 2 is 1.06 bits per heavy atom. The maximum absolute atomic E-state index is 3.90. The van der Waals surface area contributed by atoms with Gasteiger partial charge in [-0.1, -0.05) is 95.6 Å². The van der Waals surface area contributed by atoms with Crippen molar-refractivity contribution in [1.29, 1.82) is 0 Å². The zero-order valence-corrected chi connectivity index (χ0v) is 17.8. The topological polar surface area (TPSA) is 0 Å². The molecule has 0 aromatic heterocycles. The Labute approximate surface area is 147 Å². The van der Waals surface area contributed by atoms with Gasteiger partial charge in [-0.2, -0.15) is 0 Å². The van der Waals surface area contributed by atoms with E-state index >= 15 is 0 Å². The van der Waals surface area contributed by atoms with Gasteiger partial charge in [-0.15, -0.1) is 0 Å². The molecule has 0 bridgehead atoms. The van der Waals surface area contributed by atoms with Gasteiger partial charge in [0.15, 0.2) is 0 Å². The van der Waals surface area contributed by atoms with E-state index in [1.54, 1.807) is 0 Å². The number of hydrogen-bond acceptors (Lipinski definition) is 0. The molecule has 0 fully saturated rings. The van der Waals surface area contributed by atoms with Crippen molar-refractivity contribution < 1.29 is 0 Å². The van der Waals surface area contributed by atoms with Crippen molar-refractivity contribution in [3.05, 3.63) is 22.3 Å². The predicted octanol–water partition coefficient (Wildman–Crippen LogP) is 5.70. The molecule has 92 valence electrons. The molecule has 1 aliphatic carbocycles. The SMILES string of the molecule is BrCC1=C(CBr)C(Br)(CBr)C(CBr)=C1CBr. The smallest absolute Gasteiger partial charge is 0.0799 e. The van der Waals surface area contributed by atoms with Crippen molar-refractivity contribution in [1.82, 2.24) is 0 Å². The lowest BCUT2D eigenvalue weighted by Crippen LogP contribution is -2.28. The number of hydrogen-bond donors (Lipinski definition) is 0. The second-order valence-corrected chi connectivity index (χ2v) is 7.54. The first-order valence-corrected chi connectivity index (χ1v) is 10.9. The highest BCUT2D eigenvalue weighted by molar-refractivity contribution is 9.12. The summed E-state index contributed by atoms with van der Waals surface area (Å²) in [6.07, 6.45) is 0. The summed E-state index contributed by atoms with van der Waals surface area (Å²) in [5.41, 5.74) is 5.62. The van der Waals surface area contributed by atoms with Gasteiger partial charge >= 0.3 is 0 Å². The van der Waals surface area contributed by atoms with E-state index < -0.39 is 0 Å². The van der Waals surface area contributed by atoms with E-state index in [0.29, 0.717) is 0 Å². The molecule has 0 atom stereocenters. The molecule has 0 spiro atoms. The molecule has 0 saturated heterocycles. The van der Waals surface area contributed by atoms with Crippen LogP contribution in [0.4, 0.5) is 0 Å². The van der Waals surface area contributed by atoms with Crippen LogP contribution in [0.2, 0.25) is 0 Å². The second-order valence-electron chi connectivity index (χ2n) is 3.38. The minimum Gasteiger partial charge on any atom is -0.0906 e. The summed E-state index contributed by atoms with van der Waals surface area (Å²) >= 11 is 21.9. The molecule has 0 saturated carbocycles. The van der Waals surface area contributed by atoms with Gasteiger partial charge in [0, 0.05) is 26.7 Å². The normalized spacial score (nSPS) is 19.9. The average molecular weight is 610 g/mol. The molecule has 0 heterocycles. The van der Waals surface area contributed by atoms with Gasteiger partial charge in [-0.3, -0.25) is 0 Å². The molecule has 0 N–H and O–H groups in total. The highest BCUT2D eigenvalue weighted by Gasteiger charge is 2.42. The van der Waals surface area contributed by atoms with E-state index in [1.165, 1.54) is 22.3 Å². The quantitative estimate of drug-likeness (QED) is 0.351. The minimum atomic E-state index is -0.0494. The standard InChI is InChI=1S/C10H10Br6/c11-1-6-7(2-12)9(4-14)10(16,5-15)8(6)3-13/h1-5H2. The maximum atomic E-state index is 3.90. The lowest BCUT2D eigenvalue weighted by atomic mass is 9.99.